The molecule has 1 N–H and O–H groups in total. The number of rotatable bonds is 4. The Kier molecular flexibility index (Phi) is 4.56. The molecule has 1 saturated heterocycles. The van der Waals surface area contributed by atoms with E-state index in [0.717, 1.165) is 54.4 Å². The van der Waals surface area contributed by atoms with Crippen LogP contribution in [0.15, 0.2) is 49.1 Å². The van der Waals surface area contributed by atoms with Crippen LogP contribution in [0.4, 0.5) is 5.82 Å². The summed E-state index contributed by atoms with van der Waals surface area (Å²) >= 11 is 1.80. The number of thioether (sulfide) groups is 1. The molecule has 3 aromatic rings. The molecule has 0 spiro atoms. The number of anilines is 1. The van der Waals surface area contributed by atoms with Crippen molar-refractivity contribution in [1.29, 1.82) is 0 Å². The second-order valence-electron chi connectivity index (χ2n) is 7.57. The van der Waals surface area contributed by atoms with Crippen LogP contribution in [0.25, 0.3) is 16.7 Å². The minimum atomic E-state index is -0.669. The van der Waals surface area contributed by atoms with Gasteiger partial charge in [0.1, 0.15) is 6.33 Å². The van der Waals surface area contributed by atoms with Gasteiger partial charge < -0.3 is 14.6 Å². The standard InChI is InChI=1S/C21H23N5OS/c27-21(8-10-28-13-21)12-26-15-24-18-19(22-14-23-20(18)26)25-9-4-7-17(11-25)16-5-2-1-3-6-16/h1-3,5-7,14-15,27H,4,8-13H2. The molecule has 0 aliphatic carbocycles. The van der Waals surface area contributed by atoms with Gasteiger partial charge in [0, 0.05) is 18.8 Å². The Morgan fingerprint density at radius 1 is 1.14 bits per heavy atom. The van der Waals surface area contributed by atoms with Crippen molar-refractivity contribution in [2.75, 3.05) is 29.5 Å². The Morgan fingerprint density at radius 3 is 2.86 bits per heavy atom. The fourth-order valence-electron chi connectivity index (χ4n) is 4.04. The van der Waals surface area contributed by atoms with Crippen LogP contribution >= 0.6 is 11.8 Å². The van der Waals surface area contributed by atoms with E-state index in [1.807, 2.05) is 10.6 Å². The SMILES string of the molecule is OC1(Cn2cnc3c(N4CCC=C(c5ccccc5)C4)ncnc32)CCSC1. The van der Waals surface area contributed by atoms with Gasteiger partial charge in [-0.15, -0.1) is 0 Å². The topological polar surface area (TPSA) is 67.1 Å². The van der Waals surface area contributed by atoms with Gasteiger partial charge in [-0.25, -0.2) is 15.0 Å². The first-order chi connectivity index (χ1) is 13.7. The molecule has 2 aromatic heterocycles. The first-order valence-corrected chi connectivity index (χ1v) is 10.8. The fraction of sp³-hybridized carbons (Fsp3) is 0.381. The molecule has 2 aliphatic rings. The van der Waals surface area contributed by atoms with Crippen LogP contribution in [0.1, 0.15) is 18.4 Å². The van der Waals surface area contributed by atoms with Crippen molar-refractivity contribution in [1.82, 2.24) is 19.5 Å². The molecule has 28 heavy (non-hydrogen) atoms. The molecule has 7 heteroatoms. The average Bonchev–Trinajstić information content (AvgIpc) is 3.35. The van der Waals surface area contributed by atoms with Gasteiger partial charge in [-0.2, -0.15) is 11.8 Å². The third-order valence-electron chi connectivity index (χ3n) is 5.52. The third kappa shape index (κ3) is 3.29. The van der Waals surface area contributed by atoms with E-state index in [-0.39, 0.29) is 0 Å². The van der Waals surface area contributed by atoms with E-state index in [4.69, 9.17) is 0 Å². The predicted molar refractivity (Wildman–Crippen MR) is 113 cm³/mol. The van der Waals surface area contributed by atoms with Gasteiger partial charge in [0.2, 0.25) is 0 Å². The predicted octanol–water partition coefficient (Wildman–Crippen LogP) is 2.99. The van der Waals surface area contributed by atoms with Crippen molar-refractivity contribution >= 4 is 34.3 Å². The minimum Gasteiger partial charge on any atom is -0.387 e. The summed E-state index contributed by atoms with van der Waals surface area (Å²) in [7, 11) is 0. The maximum absolute atomic E-state index is 10.8. The second-order valence-corrected chi connectivity index (χ2v) is 8.68. The molecular formula is C21H23N5OS. The van der Waals surface area contributed by atoms with Crippen LogP contribution < -0.4 is 4.90 Å². The van der Waals surface area contributed by atoms with Crippen LogP contribution in [0.3, 0.4) is 0 Å². The Balaban J connectivity index is 1.44. The number of benzene rings is 1. The summed E-state index contributed by atoms with van der Waals surface area (Å²) in [5.41, 5.74) is 3.51. The van der Waals surface area contributed by atoms with Crippen LogP contribution in [0, 0.1) is 0 Å². The number of nitrogens with zero attached hydrogens (tertiary/aromatic N) is 5. The first kappa shape index (κ1) is 17.7. The van der Waals surface area contributed by atoms with Gasteiger partial charge >= 0.3 is 0 Å². The quantitative estimate of drug-likeness (QED) is 0.735. The lowest BCUT2D eigenvalue weighted by Gasteiger charge is -2.28. The molecule has 6 nitrogen and oxygen atoms in total. The van der Waals surface area contributed by atoms with Crippen molar-refractivity contribution in [2.45, 2.75) is 25.0 Å². The van der Waals surface area contributed by atoms with Crippen molar-refractivity contribution in [2.24, 2.45) is 0 Å². The maximum Gasteiger partial charge on any atom is 0.165 e. The molecule has 1 atom stereocenters. The third-order valence-corrected chi connectivity index (χ3v) is 6.76. The molecule has 1 unspecified atom stereocenters. The lowest BCUT2D eigenvalue weighted by atomic mass is 10.0. The monoisotopic (exact) mass is 393 g/mol. The molecule has 0 saturated carbocycles. The maximum atomic E-state index is 10.8. The van der Waals surface area contributed by atoms with Crippen molar-refractivity contribution in [3.63, 3.8) is 0 Å². The summed E-state index contributed by atoms with van der Waals surface area (Å²) in [6.07, 6.45) is 7.52. The molecule has 1 fully saturated rings. The minimum absolute atomic E-state index is 0.530. The largest absolute Gasteiger partial charge is 0.387 e. The highest BCUT2D eigenvalue weighted by atomic mass is 32.2. The summed E-state index contributed by atoms with van der Waals surface area (Å²) in [5.74, 6) is 2.64. The van der Waals surface area contributed by atoms with E-state index < -0.39 is 5.60 Å². The molecule has 5 rings (SSSR count). The van der Waals surface area contributed by atoms with Crippen LogP contribution in [0.5, 0.6) is 0 Å². The van der Waals surface area contributed by atoms with Gasteiger partial charge in [-0.3, -0.25) is 0 Å². The average molecular weight is 394 g/mol. The zero-order chi connectivity index (χ0) is 19.0. The Hall–Kier alpha value is -2.38. The Labute approximate surface area is 168 Å². The Morgan fingerprint density at radius 2 is 2.04 bits per heavy atom. The van der Waals surface area contributed by atoms with E-state index >= 15 is 0 Å². The van der Waals surface area contributed by atoms with E-state index in [9.17, 15) is 5.11 Å². The number of aromatic nitrogens is 4. The van der Waals surface area contributed by atoms with Gasteiger partial charge in [0.05, 0.1) is 18.5 Å². The highest BCUT2D eigenvalue weighted by Gasteiger charge is 2.33. The Bertz CT molecular complexity index is 1010. The van der Waals surface area contributed by atoms with Crippen LogP contribution in [-0.2, 0) is 6.54 Å². The second kappa shape index (κ2) is 7.22. The van der Waals surface area contributed by atoms with Crippen molar-refractivity contribution in [3.8, 4) is 0 Å². The van der Waals surface area contributed by atoms with Crippen molar-refractivity contribution < 1.29 is 5.11 Å². The van der Waals surface area contributed by atoms with E-state index in [2.05, 4.69) is 50.2 Å². The van der Waals surface area contributed by atoms with Gasteiger partial charge in [0.15, 0.2) is 17.0 Å². The number of imidazole rings is 1. The zero-order valence-electron chi connectivity index (χ0n) is 15.7. The molecule has 144 valence electrons. The summed E-state index contributed by atoms with van der Waals surface area (Å²) in [6, 6.07) is 10.5. The fourth-order valence-corrected chi connectivity index (χ4v) is 5.32. The van der Waals surface area contributed by atoms with Gasteiger partial charge in [0.25, 0.3) is 0 Å². The molecule has 0 bridgehead atoms. The zero-order valence-corrected chi connectivity index (χ0v) is 16.5. The highest BCUT2D eigenvalue weighted by molar-refractivity contribution is 7.99. The lowest BCUT2D eigenvalue weighted by molar-refractivity contribution is 0.0507. The molecular weight excluding hydrogens is 370 g/mol. The molecule has 4 heterocycles. The highest BCUT2D eigenvalue weighted by Crippen LogP contribution is 2.32. The normalized spacial score (nSPS) is 22.6. The molecule has 0 amide bonds. The van der Waals surface area contributed by atoms with Crippen molar-refractivity contribution in [3.05, 3.63) is 54.6 Å². The number of hydrogen-bond acceptors (Lipinski definition) is 6. The molecule has 0 radical (unpaired) electrons. The van der Waals surface area contributed by atoms with Crippen LogP contribution in [0.2, 0.25) is 0 Å². The summed E-state index contributed by atoms with van der Waals surface area (Å²) in [5, 5.41) is 10.8. The van der Waals surface area contributed by atoms with Gasteiger partial charge in [-0.1, -0.05) is 36.4 Å². The number of fused-ring (bicyclic) bond motifs is 1. The summed E-state index contributed by atoms with van der Waals surface area (Å²) < 4.78 is 1.98. The smallest absolute Gasteiger partial charge is 0.165 e. The van der Waals surface area contributed by atoms with E-state index in [1.54, 1.807) is 24.4 Å². The molecule has 2 aliphatic heterocycles. The van der Waals surface area contributed by atoms with Crippen LogP contribution in [-0.4, -0.2) is 54.8 Å². The van der Waals surface area contributed by atoms with E-state index in [0.29, 0.717) is 6.54 Å². The molecule has 1 aromatic carbocycles. The summed E-state index contributed by atoms with van der Waals surface area (Å²) in [6.45, 7) is 2.25. The number of aliphatic hydroxyl groups is 1. The number of hydrogen-bond donors (Lipinski definition) is 1. The summed E-state index contributed by atoms with van der Waals surface area (Å²) in [4.78, 5) is 15.9. The lowest BCUT2D eigenvalue weighted by Crippen LogP contribution is -2.33. The van der Waals surface area contributed by atoms with E-state index in [1.165, 1.54) is 11.1 Å². The first-order valence-electron chi connectivity index (χ1n) is 9.67. The van der Waals surface area contributed by atoms with Gasteiger partial charge in [-0.05, 0) is 29.7 Å².